The van der Waals surface area contributed by atoms with E-state index in [0.29, 0.717) is 0 Å². The molecule has 0 amide bonds. The van der Waals surface area contributed by atoms with Crippen molar-refractivity contribution < 1.29 is 0 Å². The molecular weight excluding hydrogens is 172 g/mol. The lowest BCUT2D eigenvalue weighted by Gasteiger charge is -2.06. The Labute approximate surface area is 78.9 Å². The molecule has 1 aliphatic heterocycles. The van der Waals surface area contributed by atoms with Gasteiger partial charge in [-0.2, -0.15) is 0 Å². The summed E-state index contributed by atoms with van der Waals surface area (Å²) in [6.45, 7) is 4.62. The van der Waals surface area contributed by atoms with Gasteiger partial charge in [0.15, 0.2) is 0 Å². The highest BCUT2D eigenvalue weighted by Gasteiger charge is 2.21. The van der Waals surface area contributed by atoms with Crippen LogP contribution in [-0.4, -0.2) is 15.6 Å². The van der Waals surface area contributed by atoms with E-state index in [-0.39, 0.29) is 0 Å². The number of thioether (sulfide) groups is 2. The second-order valence-electron chi connectivity index (χ2n) is 3.21. The van der Waals surface area contributed by atoms with E-state index in [2.05, 4.69) is 37.4 Å². The van der Waals surface area contributed by atoms with E-state index in [1.807, 2.05) is 0 Å². The Bertz CT molecular complexity index is 104. The maximum atomic E-state index is 2.34. The summed E-state index contributed by atoms with van der Waals surface area (Å²) in [5.41, 5.74) is 0. The molecule has 11 heavy (non-hydrogen) atoms. The average Bonchev–Trinajstić information content (AvgIpc) is 2.37. The third-order valence-electron chi connectivity index (χ3n) is 1.94. The Hall–Kier alpha value is 0.700. The van der Waals surface area contributed by atoms with Gasteiger partial charge in [-0.25, -0.2) is 0 Å². The molecule has 0 aromatic heterocycles. The van der Waals surface area contributed by atoms with Crippen LogP contribution in [0.25, 0.3) is 0 Å². The van der Waals surface area contributed by atoms with Gasteiger partial charge in [0.25, 0.3) is 0 Å². The standard InChI is InChI=1S/C9H18S2/c1-3-4-5-6-9-10-7-8(2)11-9/h8-9H,3-7H2,1-2H3. The zero-order valence-corrected chi connectivity index (χ0v) is 9.14. The van der Waals surface area contributed by atoms with Crippen LogP contribution in [0.1, 0.15) is 39.5 Å². The first-order valence-electron chi connectivity index (χ1n) is 4.60. The van der Waals surface area contributed by atoms with Gasteiger partial charge in [0.05, 0.1) is 4.58 Å². The monoisotopic (exact) mass is 190 g/mol. The fourth-order valence-electron chi connectivity index (χ4n) is 1.29. The van der Waals surface area contributed by atoms with Crippen LogP contribution < -0.4 is 0 Å². The zero-order valence-electron chi connectivity index (χ0n) is 7.51. The van der Waals surface area contributed by atoms with Gasteiger partial charge in [0.2, 0.25) is 0 Å². The van der Waals surface area contributed by atoms with Crippen LogP contribution in [0.5, 0.6) is 0 Å². The minimum Gasteiger partial charge on any atom is -0.146 e. The highest BCUT2D eigenvalue weighted by molar-refractivity contribution is 8.20. The Morgan fingerprint density at radius 1 is 1.36 bits per heavy atom. The van der Waals surface area contributed by atoms with Crippen molar-refractivity contribution in [3.8, 4) is 0 Å². The minimum atomic E-state index is 0.909. The molecule has 0 aliphatic carbocycles. The molecule has 0 saturated carbocycles. The molecule has 0 nitrogen and oxygen atoms in total. The van der Waals surface area contributed by atoms with Gasteiger partial charge < -0.3 is 0 Å². The molecule has 0 radical (unpaired) electrons. The van der Waals surface area contributed by atoms with E-state index in [1.165, 1.54) is 31.4 Å². The summed E-state index contributed by atoms with van der Waals surface area (Å²) in [5.74, 6) is 1.38. The molecule has 0 bridgehead atoms. The van der Waals surface area contributed by atoms with E-state index in [1.54, 1.807) is 0 Å². The molecule has 1 rings (SSSR count). The zero-order chi connectivity index (χ0) is 8.10. The first-order chi connectivity index (χ1) is 5.33. The van der Waals surface area contributed by atoms with Crippen LogP contribution >= 0.6 is 23.5 Å². The van der Waals surface area contributed by atoms with E-state index in [4.69, 9.17) is 0 Å². The van der Waals surface area contributed by atoms with E-state index in [9.17, 15) is 0 Å². The Morgan fingerprint density at radius 3 is 2.73 bits per heavy atom. The molecule has 2 heteroatoms. The lowest BCUT2D eigenvalue weighted by atomic mass is 10.2. The SMILES string of the molecule is CCCCCC1SCC(C)S1. The molecular formula is C9H18S2. The smallest absolute Gasteiger partial charge is 0.0505 e. The summed E-state index contributed by atoms with van der Waals surface area (Å²) in [6, 6.07) is 0. The van der Waals surface area contributed by atoms with Crippen LogP contribution in [0.4, 0.5) is 0 Å². The number of hydrogen-bond donors (Lipinski definition) is 0. The highest BCUT2D eigenvalue weighted by Crippen LogP contribution is 2.40. The molecule has 0 aromatic carbocycles. The minimum absolute atomic E-state index is 0.909. The molecule has 1 saturated heterocycles. The van der Waals surface area contributed by atoms with Crippen molar-refractivity contribution in [2.75, 3.05) is 5.75 Å². The summed E-state index contributed by atoms with van der Waals surface area (Å²) >= 11 is 4.34. The molecule has 2 atom stereocenters. The summed E-state index contributed by atoms with van der Waals surface area (Å²) in [6.07, 6.45) is 5.66. The Kier molecular flexibility index (Phi) is 4.77. The van der Waals surface area contributed by atoms with Crippen molar-refractivity contribution in [2.24, 2.45) is 0 Å². The summed E-state index contributed by atoms with van der Waals surface area (Å²) in [4.78, 5) is 0. The quantitative estimate of drug-likeness (QED) is 0.619. The van der Waals surface area contributed by atoms with Gasteiger partial charge >= 0.3 is 0 Å². The highest BCUT2D eigenvalue weighted by atomic mass is 32.2. The molecule has 0 N–H and O–H groups in total. The van der Waals surface area contributed by atoms with Crippen molar-refractivity contribution in [3.05, 3.63) is 0 Å². The van der Waals surface area contributed by atoms with Crippen LogP contribution in [-0.2, 0) is 0 Å². The first kappa shape index (κ1) is 9.79. The Balaban J connectivity index is 1.99. The maximum absolute atomic E-state index is 2.34. The molecule has 1 fully saturated rings. The number of rotatable bonds is 4. The van der Waals surface area contributed by atoms with Crippen LogP contribution in [0, 0.1) is 0 Å². The first-order valence-corrected chi connectivity index (χ1v) is 6.59. The van der Waals surface area contributed by atoms with E-state index < -0.39 is 0 Å². The number of hydrogen-bond acceptors (Lipinski definition) is 2. The fraction of sp³-hybridized carbons (Fsp3) is 1.00. The van der Waals surface area contributed by atoms with E-state index in [0.717, 1.165) is 9.83 Å². The third-order valence-corrected chi connectivity index (χ3v) is 5.37. The van der Waals surface area contributed by atoms with Gasteiger partial charge in [0, 0.05) is 11.0 Å². The second-order valence-corrected chi connectivity index (χ2v) is 6.39. The normalized spacial score (nSPS) is 31.1. The van der Waals surface area contributed by atoms with Gasteiger partial charge in [-0.1, -0.05) is 33.1 Å². The second kappa shape index (κ2) is 5.36. The molecule has 0 spiro atoms. The summed E-state index contributed by atoms with van der Waals surface area (Å²) in [5, 5.41) is 0.909. The van der Waals surface area contributed by atoms with Gasteiger partial charge in [0.1, 0.15) is 0 Å². The predicted molar refractivity (Wildman–Crippen MR) is 57.4 cm³/mol. The lowest BCUT2D eigenvalue weighted by molar-refractivity contribution is 0.697. The van der Waals surface area contributed by atoms with Gasteiger partial charge in [-0.3, -0.25) is 0 Å². The third kappa shape index (κ3) is 3.75. The lowest BCUT2D eigenvalue weighted by Crippen LogP contribution is -1.93. The Morgan fingerprint density at radius 2 is 2.18 bits per heavy atom. The molecule has 1 heterocycles. The van der Waals surface area contributed by atoms with Crippen LogP contribution in [0.2, 0.25) is 0 Å². The van der Waals surface area contributed by atoms with Crippen LogP contribution in [0.15, 0.2) is 0 Å². The van der Waals surface area contributed by atoms with Crippen molar-refractivity contribution in [1.29, 1.82) is 0 Å². The molecule has 0 aromatic rings. The number of unbranched alkanes of at least 4 members (excludes halogenated alkanes) is 2. The van der Waals surface area contributed by atoms with Gasteiger partial charge in [-0.15, -0.1) is 23.5 Å². The molecule has 1 aliphatic rings. The van der Waals surface area contributed by atoms with Crippen molar-refractivity contribution in [2.45, 2.75) is 49.4 Å². The predicted octanol–water partition coefficient (Wildman–Crippen LogP) is 3.76. The maximum Gasteiger partial charge on any atom is 0.0505 e. The molecule has 66 valence electrons. The van der Waals surface area contributed by atoms with E-state index >= 15 is 0 Å². The summed E-state index contributed by atoms with van der Waals surface area (Å²) in [7, 11) is 0. The average molecular weight is 190 g/mol. The van der Waals surface area contributed by atoms with Crippen molar-refractivity contribution in [1.82, 2.24) is 0 Å². The topological polar surface area (TPSA) is 0 Å². The summed E-state index contributed by atoms with van der Waals surface area (Å²) < 4.78 is 0.927. The van der Waals surface area contributed by atoms with Crippen LogP contribution in [0.3, 0.4) is 0 Å². The van der Waals surface area contributed by atoms with Gasteiger partial charge in [-0.05, 0) is 6.42 Å². The van der Waals surface area contributed by atoms with Crippen molar-refractivity contribution in [3.63, 3.8) is 0 Å². The molecule has 2 unspecified atom stereocenters. The van der Waals surface area contributed by atoms with Crippen molar-refractivity contribution >= 4 is 23.5 Å². The fourth-order valence-corrected chi connectivity index (χ4v) is 4.60. The largest absolute Gasteiger partial charge is 0.146 e.